The predicted octanol–water partition coefficient (Wildman–Crippen LogP) is 5.90. The van der Waals surface area contributed by atoms with Gasteiger partial charge in [-0.15, -0.1) is 0 Å². The summed E-state index contributed by atoms with van der Waals surface area (Å²) in [6, 6.07) is 5.16. The topological polar surface area (TPSA) is 17.1 Å². The first-order chi connectivity index (χ1) is 9.45. The number of benzene rings is 1. The van der Waals surface area contributed by atoms with Gasteiger partial charge in [0.25, 0.3) is 0 Å². The zero-order chi connectivity index (χ0) is 14.7. The molecule has 0 radical (unpaired) electrons. The van der Waals surface area contributed by atoms with Crippen molar-refractivity contribution in [3.63, 3.8) is 0 Å². The van der Waals surface area contributed by atoms with Gasteiger partial charge in [-0.05, 0) is 61.5 Å². The van der Waals surface area contributed by atoms with Crippen molar-refractivity contribution in [3.8, 4) is 0 Å². The number of rotatable bonds is 4. The first kappa shape index (κ1) is 15.6. The number of carbonyl (C=O) groups excluding carboxylic acids is 1. The molecule has 0 saturated carbocycles. The van der Waals surface area contributed by atoms with Crippen molar-refractivity contribution in [2.45, 2.75) is 32.1 Å². The van der Waals surface area contributed by atoms with Gasteiger partial charge in [-0.1, -0.05) is 46.5 Å². The molecule has 0 N–H and O–H groups in total. The highest BCUT2D eigenvalue weighted by molar-refractivity contribution is 6.64. The summed E-state index contributed by atoms with van der Waals surface area (Å²) < 4.78 is 0. The number of halogens is 3. The van der Waals surface area contributed by atoms with Gasteiger partial charge in [0.2, 0.25) is 5.24 Å². The maximum absolute atomic E-state index is 11.8. The summed E-state index contributed by atoms with van der Waals surface area (Å²) in [5.74, 6) is -0.398. The second-order valence-corrected chi connectivity index (χ2v) is 6.30. The molecule has 0 heterocycles. The maximum Gasteiger partial charge on any atom is 0.229 e. The molecular formula is C16H15Cl3O. The van der Waals surface area contributed by atoms with Gasteiger partial charge in [-0.3, -0.25) is 4.79 Å². The van der Waals surface area contributed by atoms with E-state index >= 15 is 0 Å². The maximum atomic E-state index is 11.8. The summed E-state index contributed by atoms with van der Waals surface area (Å²) in [6.07, 6.45) is 6.91. The minimum absolute atomic E-state index is 0.378. The van der Waals surface area contributed by atoms with Gasteiger partial charge in [0.1, 0.15) is 0 Å². The van der Waals surface area contributed by atoms with Gasteiger partial charge < -0.3 is 0 Å². The van der Waals surface area contributed by atoms with E-state index in [9.17, 15) is 4.79 Å². The first-order valence-corrected chi connectivity index (χ1v) is 7.60. The van der Waals surface area contributed by atoms with Crippen LogP contribution in [0.2, 0.25) is 10.0 Å². The molecule has 0 fully saturated rings. The molecule has 0 aliphatic heterocycles. The summed E-state index contributed by atoms with van der Waals surface area (Å²) in [4.78, 5) is 11.8. The van der Waals surface area contributed by atoms with Crippen LogP contribution in [0.25, 0.3) is 0 Å². The molecule has 4 heteroatoms. The molecule has 1 aromatic rings. The summed E-state index contributed by atoms with van der Waals surface area (Å²) >= 11 is 17.8. The summed E-state index contributed by atoms with van der Waals surface area (Å²) in [6.45, 7) is 2.06. The lowest BCUT2D eigenvalue weighted by Gasteiger charge is -2.18. The Kier molecular flexibility index (Phi) is 5.31. The Balaban J connectivity index is 2.28. The van der Waals surface area contributed by atoms with E-state index in [-0.39, 0.29) is 5.24 Å². The average molecular weight is 330 g/mol. The summed E-state index contributed by atoms with van der Waals surface area (Å²) in [5.41, 5.74) is 3.24. The Bertz CT molecular complexity index is 567. The zero-order valence-electron chi connectivity index (χ0n) is 11.1. The van der Waals surface area contributed by atoms with Crippen molar-refractivity contribution in [1.29, 1.82) is 0 Å². The van der Waals surface area contributed by atoms with E-state index in [0.717, 1.165) is 18.4 Å². The Morgan fingerprint density at radius 1 is 1.25 bits per heavy atom. The van der Waals surface area contributed by atoms with E-state index in [1.54, 1.807) is 18.2 Å². The van der Waals surface area contributed by atoms with Crippen LogP contribution in [0.5, 0.6) is 0 Å². The van der Waals surface area contributed by atoms with Crippen LogP contribution in [-0.4, -0.2) is 5.24 Å². The second kappa shape index (κ2) is 6.80. The van der Waals surface area contributed by atoms with Crippen LogP contribution in [0.4, 0.5) is 0 Å². The molecule has 106 valence electrons. The highest BCUT2D eigenvalue weighted by atomic mass is 35.5. The fourth-order valence-corrected chi connectivity index (χ4v) is 3.21. The van der Waals surface area contributed by atoms with Crippen LogP contribution in [-0.2, 0) is 4.79 Å². The summed E-state index contributed by atoms with van der Waals surface area (Å²) in [5, 5.41) is 0.657. The highest BCUT2D eigenvalue weighted by Gasteiger charge is 2.21. The molecule has 2 rings (SSSR count). The van der Waals surface area contributed by atoms with E-state index in [1.807, 2.05) is 0 Å². The largest absolute Gasteiger partial charge is 0.281 e. The Morgan fingerprint density at radius 2 is 1.90 bits per heavy atom. The molecule has 1 aliphatic rings. The Morgan fingerprint density at radius 3 is 2.45 bits per heavy atom. The molecule has 0 spiro atoms. The molecule has 20 heavy (non-hydrogen) atoms. The van der Waals surface area contributed by atoms with E-state index in [0.29, 0.717) is 16.5 Å². The predicted molar refractivity (Wildman–Crippen MR) is 85.8 cm³/mol. The van der Waals surface area contributed by atoms with Crippen molar-refractivity contribution in [1.82, 2.24) is 0 Å². The Labute approximate surface area is 134 Å². The van der Waals surface area contributed by atoms with Gasteiger partial charge in [-0.25, -0.2) is 0 Å². The third-order valence-electron chi connectivity index (χ3n) is 3.39. The quantitative estimate of drug-likeness (QED) is 0.629. The van der Waals surface area contributed by atoms with Crippen molar-refractivity contribution < 1.29 is 4.79 Å². The number of allylic oxidation sites excluding steroid dienone is 4. The molecule has 0 aromatic heterocycles. The zero-order valence-corrected chi connectivity index (χ0v) is 13.4. The van der Waals surface area contributed by atoms with Crippen LogP contribution in [0, 0.1) is 0 Å². The monoisotopic (exact) mass is 328 g/mol. The molecule has 0 saturated heterocycles. The molecule has 1 nitrogen and oxygen atoms in total. The summed E-state index contributed by atoms with van der Waals surface area (Å²) in [7, 11) is 0. The van der Waals surface area contributed by atoms with Crippen molar-refractivity contribution >= 4 is 40.0 Å². The molecule has 0 bridgehead atoms. The molecular weight excluding hydrogens is 315 g/mol. The van der Waals surface area contributed by atoms with Crippen LogP contribution < -0.4 is 0 Å². The SMILES string of the molecule is CC1=CCCC(CC(C(=O)Cl)c2cc(Cl)cc(Cl)c2)=C1. The van der Waals surface area contributed by atoms with Gasteiger partial charge in [0, 0.05) is 10.0 Å². The van der Waals surface area contributed by atoms with E-state index in [4.69, 9.17) is 34.8 Å². The fourth-order valence-electron chi connectivity index (χ4n) is 2.47. The molecule has 1 aromatic carbocycles. The molecule has 1 atom stereocenters. The van der Waals surface area contributed by atoms with Gasteiger partial charge in [-0.2, -0.15) is 0 Å². The van der Waals surface area contributed by atoms with E-state index in [2.05, 4.69) is 19.1 Å². The van der Waals surface area contributed by atoms with Gasteiger partial charge in [0.15, 0.2) is 0 Å². The van der Waals surface area contributed by atoms with Crippen molar-refractivity contribution in [2.24, 2.45) is 0 Å². The fraction of sp³-hybridized carbons (Fsp3) is 0.312. The first-order valence-electron chi connectivity index (χ1n) is 6.47. The van der Waals surface area contributed by atoms with Crippen LogP contribution in [0.3, 0.4) is 0 Å². The van der Waals surface area contributed by atoms with E-state index in [1.165, 1.54) is 11.1 Å². The van der Waals surface area contributed by atoms with Crippen LogP contribution in [0.1, 0.15) is 37.7 Å². The lowest BCUT2D eigenvalue weighted by molar-refractivity contribution is -0.113. The number of hydrogen-bond acceptors (Lipinski definition) is 1. The third kappa shape index (κ3) is 4.12. The minimum Gasteiger partial charge on any atom is -0.281 e. The number of hydrogen-bond donors (Lipinski definition) is 0. The smallest absolute Gasteiger partial charge is 0.229 e. The Hall–Kier alpha value is -0.760. The van der Waals surface area contributed by atoms with Gasteiger partial charge in [0.05, 0.1) is 5.92 Å². The van der Waals surface area contributed by atoms with E-state index < -0.39 is 5.92 Å². The normalized spacial score (nSPS) is 16.4. The molecule has 0 amide bonds. The number of carbonyl (C=O) groups is 1. The third-order valence-corrected chi connectivity index (χ3v) is 4.09. The lowest BCUT2D eigenvalue weighted by Crippen LogP contribution is -2.09. The van der Waals surface area contributed by atoms with Gasteiger partial charge >= 0.3 is 0 Å². The minimum atomic E-state index is -0.398. The average Bonchev–Trinajstić information content (AvgIpc) is 2.34. The highest BCUT2D eigenvalue weighted by Crippen LogP contribution is 2.33. The lowest BCUT2D eigenvalue weighted by atomic mass is 9.88. The van der Waals surface area contributed by atoms with Crippen LogP contribution in [0.15, 0.2) is 41.5 Å². The van der Waals surface area contributed by atoms with Crippen molar-refractivity contribution in [3.05, 3.63) is 57.1 Å². The molecule has 1 aliphatic carbocycles. The van der Waals surface area contributed by atoms with Crippen molar-refractivity contribution in [2.75, 3.05) is 0 Å². The standard InChI is InChI=1S/C16H15Cl3O/c1-10-3-2-4-11(5-10)6-15(16(19)20)12-7-13(17)9-14(18)8-12/h3,5,7-9,15H,2,4,6H2,1H3. The van der Waals surface area contributed by atoms with Crippen LogP contribution >= 0.6 is 34.8 Å². The second-order valence-electron chi connectivity index (χ2n) is 5.05. The molecule has 1 unspecified atom stereocenters.